The monoisotopic (exact) mass is 393 g/mol. The summed E-state index contributed by atoms with van der Waals surface area (Å²) in [5, 5.41) is 21.5. The SMILES string of the molecule is CC1CN(c2cc(-c3ccccc3O)nnc2N)CCN1.O=Cc1ccncn1. The molecule has 0 radical (unpaired) electrons. The molecule has 4 N–H and O–H groups in total. The number of benzene rings is 1. The Bertz CT molecular complexity index is 953. The predicted octanol–water partition coefficient (Wildman–Crippen LogP) is 1.52. The van der Waals surface area contributed by atoms with Crippen molar-refractivity contribution in [3.8, 4) is 17.0 Å². The predicted molar refractivity (Wildman–Crippen MR) is 111 cm³/mol. The number of phenols is 1. The molecule has 4 rings (SSSR count). The van der Waals surface area contributed by atoms with Crippen LogP contribution in [-0.2, 0) is 0 Å². The first-order valence-electron chi connectivity index (χ1n) is 9.19. The molecule has 0 amide bonds. The molecular formula is C20H23N7O2. The van der Waals surface area contributed by atoms with Crippen molar-refractivity contribution in [2.75, 3.05) is 30.3 Å². The first kappa shape index (κ1) is 20.2. The van der Waals surface area contributed by atoms with Crippen molar-refractivity contribution in [2.24, 2.45) is 0 Å². The van der Waals surface area contributed by atoms with Gasteiger partial charge in [0.1, 0.15) is 17.8 Å². The van der Waals surface area contributed by atoms with Gasteiger partial charge < -0.3 is 21.1 Å². The highest BCUT2D eigenvalue weighted by Gasteiger charge is 2.20. The van der Waals surface area contributed by atoms with Crippen LogP contribution in [-0.4, -0.2) is 57.2 Å². The largest absolute Gasteiger partial charge is 0.507 e. The minimum Gasteiger partial charge on any atom is -0.507 e. The molecule has 1 aromatic carbocycles. The normalized spacial score (nSPS) is 15.9. The maximum absolute atomic E-state index is 9.95. The highest BCUT2D eigenvalue weighted by atomic mass is 16.3. The highest BCUT2D eigenvalue weighted by Crippen LogP contribution is 2.31. The van der Waals surface area contributed by atoms with Gasteiger partial charge in [0.25, 0.3) is 0 Å². The molecule has 1 atom stereocenters. The van der Waals surface area contributed by atoms with Gasteiger partial charge in [0, 0.05) is 37.4 Å². The fourth-order valence-electron chi connectivity index (χ4n) is 2.99. The fourth-order valence-corrected chi connectivity index (χ4v) is 2.99. The van der Waals surface area contributed by atoms with Crippen molar-refractivity contribution < 1.29 is 9.90 Å². The van der Waals surface area contributed by atoms with Crippen molar-refractivity contribution >= 4 is 17.8 Å². The lowest BCUT2D eigenvalue weighted by Crippen LogP contribution is -2.49. The van der Waals surface area contributed by atoms with Crippen molar-refractivity contribution in [3.63, 3.8) is 0 Å². The van der Waals surface area contributed by atoms with E-state index in [4.69, 9.17) is 5.73 Å². The molecule has 9 nitrogen and oxygen atoms in total. The third-order valence-corrected chi connectivity index (χ3v) is 4.42. The van der Waals surface area contributed by atoms with Crippen LogP contribution in [0, 0.1) is 0 Å². The number of nitrogens with zero attached hydrogens (tertiary/aromatic N) is 5. The summed E-state index contributed by atoms with van der Waals surface area (Å²) in [5.74, 6) is 0.611. The summed E-state index contributed by atoms with van der Waals surface area (Å²) in [6.07, 6.45) is 3.54. The Balaban J connectivity index is 0.000000252. The quantitative estimate of drug-likeness (QED) is 0.567. The number of nitrogens with one attached hydrogen (secondary N) is 1. The number of carbonyl (C=O) groups excluding carboxylic acids is 1. The zero-order valence-electron chi connectivity index (χ0n) is 16.1. The number of rotatable bonds is 3. The third-order valence-electron chi connectivity index (χ3n) is 4.42. The summed E-state index contributed by atoms with van der Waals surface area (Å²) in [4.78, 5) is 19.4. The number of anilines is 2. The van der Waals surface area contributed by atoms with Gasteiger partial charge in [0.05, 0.1) is 11.4 Å². The van der Waals surface area contributed by atoms with Gasteiger partial charge in [0.2, 0.25) is 0 Å². The maximum atomic E-state index is 9.95. The van der Waals surface area contributed by atoms with E-state index in [1.54, 1.807) is 18.2 Å². The Hall–Kier alpha value is -3.59. The van der Waals surface area contributed by atoms with Gasteiger partial charge in [-0.15, -0.1) is 10.2 Å². The summed E-state index contributed by atoms with van der Waals surface area (Å²) in [7, 11) is 0. The molecule has 2 aromatic heterocycles. The van der Waals surface area contributed by atoms with E-state index in [1.807, 2.05) is 18.2 Å². The zero-order chi connectivity index (χ0) is 20.6. The number of nitrogen functional groups attached to an aromatic ring is 1. The van der Waals surface area contributed by atoms with Gasteiger partial charge in [-0.3, -0.25) is 4.79 Å². The number of hydrogen-bond donors (Lipinski definition) is 3. The van der Waals surface area contributed by atoms with E-state index in [0.29, 0.717) is 35.1 Å². The lowest BCUT2D eigenvalue weighted by Gasteiger charge is -2.34. The van der Waals surface area contributed by atoms with Crippen LogP contribution in [0.5, 0.6) is 5.75 Å². The molecule has 3 aromatic rings. The Kier molecular flexibility index (Phi) is 6.64. The van der Waals surface area contributed by atoms with Gasteiger partial charge in [-0.1, -0.05) is 12.1 Å². The molecule has 0 bridgehead atoms. The molecule has 1 aliphatic heterocycles. The average molecular weight is 393 g/mol. The van der Waals surface area contributed by atoms with E-state index in [0.717, 1.165) is 25.3 Å². The fraction of sp³-hybridized carbons (Fsp3) is 0.250. The van der Waals surface area contributed by atoms with Crippen LogP contribution < -0.4 is 16.0 Å². The van der Waals surface area contributed by atoms with Crippen LogP contribution in [0.2, 0.25) is 0 Å². The molecule has 1 fully saturated rings. The van der Waals surface area contributed by atoms with Crippen molar-refractivity contribution in [2.45, 2.75) is 13.0 Å². The Morgan fingerprint density at radius 1 is 1.28 bits per heavy atom. The zero-order valence-corrected chi connectivity index (χ0v) is 16.1. The summed E-state index contributed by atoms with van der Waals surface area (Å²) >= 11 is 0. The lowest BCUT2D eigenvalue weighted by atomic mass is 10.1. The molecule has 1 unspecified atom stereocenters. The van der Waals surface area contributed by atoms with Crippen LogP contribution in [0.3, 0.4) is 0 Å². The van der Waals surface area contributed by atoms with Crippen LogP contribution in [0.15, 0.2) is 48.9 Å². The molecule has 150 valence electrons. The average Bonchev–Trinajstić information content (AvgIpc) is 2.76. The number of aromatic hydroxyl groups is 1. The van der Waals surface area contributed by atoms with Gasteiger partial charge in [0.15, 0.2) is 12.1 Å². The summed E-state index contributed by atoms with van der Waals surface area (Å²) in [6.45, 7) is 4.80. The van der Waals surface area contributed by atoms with Crippen LogP contribution in [0.25, 0.3) is 11.3 Å². The number of phenolic OH excluding ortho intramolecular Hbond substituents is 1. The first-order chi connectivity index (χ1) is 14.1. The van der Waals surface area contributed by atoms with Gasteiger partial charge >= 0.3 is 0 Å². The van der Waals surface area contributed by atoms with Gasteiger partial charge in [-0.25, -0.2) is 9.97 Å². The minimum atomic E-state index is 0.191. The van der Waals surface area contributed by atoms with Crippen LogP contribution >= 0.6 is 0 Å². The van der Waals surface area contributed by atoms with E-state index in [-0.39, 0.29) is 5.75 Å². The number of hydrogen-bond acceptors (Lipinski definition) is 9. The molecule has 9 heteroatoms. The molecule has 0 spiro atoms. The second kappa shape index (κ2) is 9.56. The molecule has 3 heterocycles. The van der Waals surface area contributed by atoms with E-state index in [9.17, 15) is 9.90 Å². The van der Waals surface area contributed by atoms with Gasteiger partial charge in [-0.05, 0) is 31.2 Å². The molecule has 1 saturated heterocycles. The van der Waals surface area contributed by atoms with E-state index >= 15 is 0 Å². The van der Waals surface area contributed by atoms with Crippen molar-refractivity contribution in [1.29, 1.82) is 0 Å². The number of aldehydes is 1. The van der Waals surface area contributed by atoms with Gasteiger partial charge in [-0.2, -0.15) is 0 Å². The number of carbonyl (C=O) groups is 1. The molecule has 0 aliphatic carbocycles. The van der Waals surface area contributed by atoms with Crippen molar-refractivity contribution in [1.82, 2.24) is 25.5 Å². The van der Waals surface area contributed by atoms with Crippen molar-refractivity contribution in [3.05, 3.63) is 54.6 Å². The Morgan fingerprint density at radius 2 is 2.10 bits per heavy atom. The summed E-state index contributed by atoms with van der Waals surface area (Å²) < 4.78 is 0. The topological polar surface area (TPSA) is 130 Å². The molecule has 1 aliphatic rings. The van der Waals surface area contributed by atoms with Crippen LogP contribution in [0.1, 0.15) is 17.4 Å². The second-order valence-corrected chi connectivity index (χ2v) is 6.57. The first-order valence-corrected chi connectivity index (χ1v) is 9.19. The van der Waals surface area contributed by atoms with E-state index < -0.39 is 0 Å². The Morgan fingerprint density at radius 3 is 2.76 bits per heavy atom. The minimum absolute atomic E-state index is 0.191. The Labute approximate surface area is 168 Å². The van der Waals surface area contributed by atoms with Crippen LogP contribution in [0.4, 0.5) is 11.5 Å². The summed E-state index contributed by atoms with van der Waals surface area (Å²) in [5.41, 5.74) is 8.56. The lowest BCUT2D eigenvalue weighted by molar-refractivity contribution is 0.111. The second-order valence-electron chi connectivity index (χ2n) is 6.57. The standard InChI is InChI=1S/C15H19N5O.C5H4N2O/c1-10-9-20(7-6-17-10)13-8-12(18-19-15(13)16)11-4-2-3-5-14(11)21;8-3-5-1-2-6-4-7-5/h2-5,8,10,17,21H,6-7,9H2,1H3,(H2,16,19);1-4H. The van der Waals surface area contributed by atoms with E-state index in [2.05, 4.69) is 37.3 Å². The number of aromatic nitrogens is 4. The highest BCUT2D eigenvalue weighted by molar-refractivity contribution is 5.74. The smallest absolute Gasteiger partial charge is 0.169 e. The maximum Gasteiger partial charge on any atom is 0.169 e. The molecule has 0 saturated carbocycles. The van der Waals surface area contributed by atoms with E-state index in [1.165, 1.54) is 12.5 Å². The molecular weight excluding hydrogens is 370 g/mol. The molecule has 29 heavy (non-hydrogen) atoms. The number of para-hydroxylation sites is 1. The third kappa shape index (κ3) is 5.23. The number of piperazine rings is 1. The number of nitrogens with two attached hydrogens (primary N) is 1. The summed E-state index contributed by atoms with van der Waals surface area (Å²) in [6, 6.07) is 10.9.